The van der Waals surface area contributed by atoms with Gasteiger partial charge < -0.3 is 19.7 Å². The number of nitrogens with one attached hydrogen (secondary N) is 1. The van der Waals surface area contributed by atoms with Gasteiger partial charge in [0.05, 0.1) is 18.1 Å². The van der Waals surface area contributed by atoms with Crippen LogP contribution in [0.25, 0.3) is 0 Å². The van der Waals surface area contributed by atoms with Gasteiger partial charge in [-0.15, -0.1) is 0 Å². The molecule has 7 nitrogen and oxygen atoms in total. The molecule has 2 heterocycles. The number of hydrogen-bond acceptors (Lipinski definition) is 6. The SMILES string of the molecule is COc1ccc(NC(=O)[C@@H]2CCCN(c3nccnc3Oc3ccccc3)C2)cc1Cl. The first kappa shape index (κ1) is 20.9. The Bertz CT molecular complexity index is 1050. The minimum absolute atomic E-state index is 0.0552. The van der Waals surface area contributed by atoms with Crippen LogP contribution in [0.15, 0.2) is 60.9 Å². The molecule has 0 unspecified atom stereocenters. The normalized spacial score (nSPS) is 15.9. The van der Waals surface area contributed by atoms with Crippen molar-refractivity contribution in [1.29, 1.82) is 0 Å². The summed E-state index contributed by atoms with van der Waals surface area (Å²) in [6.45, 7) is 1.31. The molecular weight excluding hydrogens is 416 g/mol. The van der Waals surface area contributed by atoms with Gasteiger partial charge in [0.15, 0.2) is 5.82 Å². The Morgan fingerprint density at radius 3 is 2.74 bits per heavy atom. The van der Waals surface area contributed by atoms with Crippen LogP contribution >= 0.6 is 11.6 Å². The van der Waals surface area contributed by atoms with E-state index in [1.165, 1.54) is 0 Å². The molecule has 4 rings (SSSR count). The van der Waals surface area contributed by atoms with Gasteiger partial charge in [0.1, 0.15) is 11.5 Å². The van der Waals surface area contributed by atoms with Crippen molar-refractivity contribution in [2.75, 3.05) is 30.4 Å². The number of ether oxygens (including phenoxy) is 2. The third kappa shape index (κ3) is 5.06. The monoisotopic (exact) mass is 438 g/mol. The number of piperidine rings is 1. The lowest BCUT2D eigenvalue weighted by atomic mass is 9.97. The zero-order chi connectivity index (χ0) is 21.6. The van der Waals surface area contributed by atoms with E-state index < -0.39 is 0 Å². The van der Waals surface area contributed by atoms with E-state index in [1.54, 1.807) is 37.7 Å². The predicted octanol–water partition coefficient (Wildman–Crippen LogP) is 4.79. The summed E-state index contributed by atoms with van der Waals surface area (Å²) in [5.74, 6) is 2.07. The average molecular weight is 439 g/mol. The molecule has 1 atom stereocenters. The summed E-state index contributed by atoms with van der Waals surface area (Å²) in [7, 11) is 1.55. The van der Waals surface area contributed by atoms with Crippen LogP contribution in [-0.4, -0.2) is 36.1 Å². The van der Waals surface area contributed by atoms with Crippen LogP contribution in [0.3, 0.4) is 0 Å². The number of carbonyl (C=O) groups is 1. The number of carbonyl (C=O) groups excluding carboxylic acids is 1. The molecule has 31 heavy (non-hydrogen) atoms. The summed E-state index contributed by atoms with van der Waals surface area (Å²) < 4.78 is 11.1. The molecule has 1 aliphatic rings. The lowest BCUT2D eigenvalue weighted by molar-refractivity contribution is -0.120. The third-order valence-corrected chi connectivity index (χ3v) is 5.41. The van der Waals surface area contributed by atoms with Crippen LogP contribution in [0.2, 0.25) is 5.02 Å². The molecule has 0 saturated carbocycles. The smallest absolute Gasteiger partial charge is 0.263 e. The van der Waals surface area contributed by atoms with E-state index in [1.807, 2.05) is 30.3 Å². The topological polar surface area (TPSA) is 76.6 Å². The molecular formula is C23H23ClN4O3. The molecule has 1 saturated heterocycles. The number of para-hydroxylation sites is 1. The Morgan fingerprint density at radius 1 is 1.16 bits per heavy atom. The zero-order valence-electron chi connectivity index (χ0n) is 17.1. The highest BCUT2D eigenvalue weighted by molar-refractivity contribution is 6.32. The standard InChI is InChI=1S/C23H23ClN4O3/c1-30-20-10-9-17(14-19(20)24)27-22(29)16-6-5-13-28(15-16)21-23(26-12-11-25-21)31-18-7-3-2-4-8-18/h2-4,7-12,14,16H,5-6,13,15H2,1H3,(H,27,29)/t16-/m1/s1. The lowest BCUT2D eigenvalue weighted by Crippen LogP contribution is -2.41. The Morgan fingerprint density at radius 2 is 1.97 bits per heavy atom. The van der Waals surface area contributed by atoms with Crippen molar-refractivity contribution in [2.45, 2.75) is 12.8 Å². The third-order valence-electron chi connectivity index (χ3n) is 5.12. The molecule has 1 aromatic heterocycles. The van der Waals surface area contributed by atoms with Crippen molar-refractivity contribution in [3.8, 4) is 17.4 Å². The summed E-state index contributed by atoms with van der Waals surface area (Å²) in [5, 5.41) is 3.41. The average Bonchev–Trinajstić information content (AvgIpc) is 2.80. The maximum Gasteiger partial charge on any atom is 0.263 e. The Hall–Kier alpha value is -3.32. The Kier molecular flexibility index (Phi) is 6.52. The second-order valence-electron chi connectivity index (χ2n) is 7.22. The van der Waals surface area contributed by atoms with Crippen molar-refractivity contribution in [2.24, 2.45) is 5.92 Å². The fourth-order valence-electron chi connectivity index (χ4n) is 3.58. The fraction of sp³-hybridized carbons (Fsp3) is 0.261. The van der Waals surface area contributed by atoms with E-state index in [0.717, 1.165) is 19.4 Å². The summed E-state index contributed by atoms with van der Waals surface area (Å²) in [5.41, 5.74) is 0.639. The quantitative estimate of drug-likeness (QED) is 0.596. The van der Waals surface area contributed by atoms with Crippen LogP contribution in [-0.2, 0) is 4.79 Å². The molecule has 160 valence electrons. The van der Waals surface area contributed by atoms with E-state index in [9.17, 15) is 4.79 Å². The van der Waals surface area contributed by atoms with Gasteiger partial charge in [0.2, 0.25) is 5.91 Å². The summed E-state index contributed by atoms with van der Waals surface area (Å²) in [6.07, 6.45) is 4.89. The number of nitrogens with zero attached hydrogens (tertiary/aromatic N) is 3. The number of halogens is 1. The minimum atomic E-state index is -0.193. The molecule has 2 aromatic carbocycles. The molecule has 1 fully saturated rings. The van der Waals surface area contributed by atoms with E-state index in [0.29, 0.717) is 40.5 Å². The van der Waals surface area contributed by atoms with Crippen molar-refractivity contribution in [3.05, 3.63) is 65.9 Å². The molecule has 0 spiro atoms. The summed E-state index contributed by atoms with van der Waals surface area (Å²) >= 11 is 6.17. The van der Waals surface area contributed by atoms with Gasteiger partial charge >= 0.3 is 0 Å². The maximum atomic E-state index is 12.9. The maximum absolute atomic E-state index is 12.9. The first-order valence-corrected chi connectivity index (χ1v) is 10.4. The zero-order valence-corrected chi connectivity index (χ0v) is 17.9. The van der Waals surface area contributed by atoms with Gasteiger partial charge in [-0.25, -0.2) is 9.97 Å². The summed E-state index contributed by atoms with van der Waals surface area (Å²) in [4.78, 5) is 23.8. The van der Waals surface area contributed by atoms with E-state index >= 15 is 0 Å². The largest absolute Gasteiger partial charge is 0.495 e. The van der Waals surface area contributed by atoms with Crippen LogP contribution in [0.4, 0.5) is 11.5 Å². The highest BCUT2D eigenvalue weighted by atomic mass is 35.5. The van der Waals surface area contributed by atoms with Gasteiger partial charge in [-0.2, -0.15) is 0 Å². The minimum Gasteiger partial charge on any atom is -0.495 e. The lowest BCUT2D eigenvalue weighted by Gasteiger charge is -2.33. The molecule has 0 bridgehead atoms. The predicted molar refractivity (Wildman–Crippen MR) is 120 cm³/mol. The second kappa shape index (κ2) is 9.66. The number of rotatable bonds is 6. The molecule has 1 aliphatic heterocycles. The second-order valence-corrected chi connectivity index (χ2v) is 7.63. The van der Waals surface area contributed by atoms with Crippen LogP contribution < -0.4 is 19.7 Å². The van der Waals surface area contributed by atoms with Crippen LogP contribution in [0.1, 0.15) is 12.8 Å². The van der Waals surface area contributed by atoms with E-state index in [4.69, 9.17) is 21.1 Å². The highest BCUT2D eigenvalue weighted by Gasteiger charge is 2.28. The highest BCUT2D eigenvalue weighted by Crippen LogP contribution is 2.32. The van der Waals surface area contributed by atoms with E-state index in [-0.39, 0.29) is 11.8 Å². The number of anilines is 2. The van der Waals surface area contributed by atoms with Gasteiger partial charge in [-0.3, -0.25) is 4.79 Å². The molecule has 0 aliphatic carbocycles. The first-order valence-electron chi connectivity index (χ1n) is 10.1. The van der Waals surface area contributed by atoms with Gasteiger partial charge in [-0.1, -0.05) is 29.8 Å². The van der Waals surface area contributed by atoms with Crippen LogP contribution in [0.5, 0.6) is 17.4 Å². The fourth-order valence-corrected chi connectivity index (χ4v) is 3.84. The number of methoxy groups -OCH3 is 1. The summed E-state index contributed by atoms with van der Waals surface area (Å²) in [6, 6.07) is 14.7. The Labute approximate surface area is 186 Å². The van der Waals surface area contributed by atoms with Crippen molar-refractivity contribution >= 4 is 29.0 Å². The van der Waals surface area contributed by atoms with Crippen LogP contribution in [0, 0.1) is 5.92 Å². The Balaban J connectivity index is 1.46. The number of benzene rings is 2. The van der Waals surface area contributed by atoms with Gasteiger partial charge in [-0.05, 0) is 43.2 Å². The van der Waals surface area contributed by atoms with Crippen molar-refractivity contribution < 1.29 is 14.3 Å². The molecule has 1 N–H and O–H groups in total. The van der Waals surface area contributed by atoms with Gasteiger partial charge in [0, 0.05) is 31.2 Å². The number of hydrogen-bond donors (Lipinski definition) is 1. The molecule has 8 heteroatoms. The number of amides is 1. The van der Waals surface area contributed by atoms with E-state index in [2.05, 4.69) is 20.2 Å². The molecule has 0 radical (unpaired) electrons. The molecule has 3 aromatic rings. The number of aromatic nitrogens is 2. The van der Waals surface area contributed by atoms with Crippen molar-refractivity contribution in [3.63, 3.8) is 0 Å². The van der Waals surface area contributed by atoms with Gasteiger partial charge in [0.25, 0.3) is 5.88 Å². The first-order chi connectivity index (χ1) is 15.1. The molecule has 1 amide bonds. The van der Waals surface area contributed by atoms with Crippen molar-refractivity contribution in [1.82, 2.24) is 9.97 Å².